The topological polar surface area (TPSA) is 121 Å². The van der Waals surface area contributed by atoms with Gasteiger partial charge in [0.2, 0.25) is 0 Å². The van der Waals surface area contributed by atoms with Crippen molar-refractivity contribution in [1.29, 1.82) is 0 Å². The van der Waals surface area contributed by atoms with Crippen molar-refractivity contribution in [2.75, 3.05) is 14.8 Å². The van der Waals surface area contributed by atoms with E-state index in [0.29, 0.717) is 22.6 Å². The lowest BCUT2D eigenvalue weighted by atomic mass is 10.1. The van der Waals surface area contributed by atoms with Gasteiger partial charge in [-0.1, -0.05) is 34.1 Å². The second-order valence-corrected chi connectivity index (χ2v) is 13.2. The van der Waals surface area contributed by atoms with Gasteiger partial charge in [-0.15, -0.1) is 0 Å². The molecular formula is C28H26BrN3O5S2. The molecule has 0 fully saturated rings. The van der Waals surface area contributed by atoms with Gasteiger partial charge in [0, 0.05) is 21.4 Å². The summed E-state index contributed by atoms with van der Waals surface area (Å²) in [6.45, 7) is 5.38. The van der Waals surface area contributed by atoms with Crippen LogP contribution < -0.4 is 14.8 Å². The highest BCUT2D eigenvalue weighted by Crippen LogP contribution is 2.25. The highest BCUT2D eigenvalue weighted by atomic mass is 79.9. The van der Waals surface area contributed by atoms with E-state index in [1.807, 2.05) is 19.9 Å². The van der Waals surface area contributed by atoms with E-state index in [9.17, 15) is 21.6 Å². The van der Waals surface area contributed by atoms with Gasteiger partial charge in [-0.25, -0.2) is 16.8 Å². The number of sulfonamides is 2. The molecule has 39 heavy (non-hydrogen) atoms. The maximum atomic E-state index is 13.2. The third-order valence-electron chi connectivity index (χ3n) is 6.11. The van der Waals surface area contributed by atoms with Gasteiger partial charge in [-0.3, -0.25) is 14.2 Å². The molecule has 0 aliphatic heterocycles. The van der Waals surface area contributed by atoms with E-state index in [0.717, 1.165) is 15.6 Å². The largest absolute Gasteiger partial charge is 0.322 e. The standard InChI is InChI=1S/C28H26BrN3O5S2/c1-18-5-4-6-26(20(18)3)32-39(36,37)27-17-21(8-7-19(27)2)28(33)30-23-13-15-25(16-14-23)38(34,35)31-24-11-9-22(29)10-12-24/h4-17,31-32H,1-3H3,(H,30,33). The van der Waals surface area contributed by atoms with Gasteiger partial charge >= 0.3 is 0 Å². The molecule has 8 nitrogen and oxygen atoms in total. The zero-order valence-corrected chi connectivity index (χ0v) is 24.5. The number of rotatable bonds is 8. The number of benzene rings is 4. The molecule has 0 heterocycles. The number of halogens is 1. The van der Waals surface area contributed by atoms with Crippen LogP contribution in [0, 0.1) is 20.8 Å². The normalized spacial score (nSPS) is 11.6. The van der Waals surface area contributed by atoms with Crippen molar-refractivity contribution in [1.82, 2.24) is 0 Å². The second kappa shape index (κ2) is 11.2. The van der Waals surface area contributed by atoms with Gasteiger partial charge in [0.05, 0.1) is 15.5 Å². The minimum Gasteiger partial charge on any atom is -0.322 e. The molecule has 4 aromatic rings. The average molecular weight is 629 g/mol. The van der Waals surface area contributed by atoms with E-state index in [2.05, 4.69) is 30.7 Å². The molecule has 0 bridgehead atoms. The molecule has 202 valence electrons. The smallest absolute Gasteiger partial charge is 0.262 e. The van der Waals surface area contributed by atoms with Crippen LogP contribution in [0.15, 0.2) is 99.2 Å². The molecule has 4 rings (SSSR count). The summed E-state index contributed by atoms with van der Waals surface area (Å²) in [5, 5.41) is 2.68. The van der Waals surface area contributed by atoms with Crippen LogP contribution >= 0.6 is 15.9 Å². The Kier molecular flexibility index (Phi) is 8.15. The number of anilines is 3. The van der Waals surface area contributed by atoms with E-state index >= 15 is 0 Å². The second-order valence-electron chi connectivity index (χ2n) is 8.92. The van der Waals surface area contributed by atoms with Crippen molar-refractivity contribution in [2.45, 2.75) is 30.6 Å². The number of aryl methyl sites for hydroxylation is 2. The number of hydrogen-bond donors (Lipinski definition) is 3. The Balaban J connectivity index is 1.51. The predicted octanol–water partition coefficient (Wildman–Crippen LogP) is 6.23. The number of carbonyl (C=O) groups excluding carboxylic acids is 1. The van der Waals surface area contributed by atoms with E-state index < -0.39 is 26.0 Å². The van der Waals surface area contributed by atoms with Gasteiger partial charge in [-0.05, 0) is 104 Å². The van der Waals surface area contributed by atoms with Crippen molar-refractivity contribution in [3.8, 4) is 0 Å². The van der Waals surface area contributed by atoms with Gasteiger partial charge in [0.1, 0.15) is 0 Å². The summed E-state index contributed by atoms with van der Waals surface area (Å²) in [7, 11) is -7.80. The summed E-state index contributed by atoms with van der Waals surface area (Å²) in [6, 6.07) is 22.1. The molecule has 0 aromatic heterocycles. The molecule has 0 atom stereocenters. The van der Waals surface area contributed by atoms with Crippen LogP contribution in [0.3, 0.4) is 0 Å². The Morgan fingerprint density at radius 3 is 2.00 bits per heavy atom. The summed E-state index contributed by atoms with van der Waals surface area (Å²) < 4.78 is 57.7. The molecular weight excluding hydrogens is 602 g/mol. The Morgan fingerprint density at radius 1 is 0.692 bits per heavy atom. The Bertz CT molecular complexity index is 1750. The van der Waals surface area contributed by atoms with Crippen LogP contribution in [0.2, 0.25) is 0 Å². The fraction of sp³-hybridized carbons (Fsp3) is 0.107. The van der Waals surface area contributed by atoms with Crippen LogP contribution in [0.5, 0.6) is 0 Å². The van der Waals surface area contributed by atoms with Crippen molar-refractivity contribution >= 4 is 58.9 Å². The molecule has 0 aliphatic rings. The van der Waals surface area contributed by atoms with E-state index in [4.69, 9.17) is 0 Å². The minimum absolute atomic E-state index is 0.0171. The van der Waals surface area contributed by atoms with Crippen molar-refractivity contribution in [2.24, 2.45) is 0 Å². The summed E-state index contributed by atoms with van der Waals surface area (Å²) >= 11 is 3.30. The first-order chi connectivity index (χ1) is 18.4. The van der Waals surface area contributed by atoms with Gasteiger partial charge in [0.15, 0.2) is 0 Å². The van der Waals surface area contributed by atoms with Crippen molar-refractivity contribution < 1.29 is 21.6 Å². The van der Waals surface area contributed by atoms with E-state index in [1.165, 1.54) is 36.4 Å². The van der Waals surface area contributed by atoms with Crippen LogP contribution in [0.25, 0.3) is 0 Å². The summed E-state index contributed by atoms with van der Waals surface area (Å²) in [6.07, 6.45) is 0. The lowest BCUT2D eigenvalue weighted by Crippen LogP contribution is -2.18. The summed E-state index contributed by atoms with van der Waals surface area (Å²) in [5.74, 6) is -0.540. The maximum absolute atomic E-state index is 13.2. The van der Waals surface area contributed by atoms with E-state index in [1.54, 1.807) is 49.4 Å². The lowest BCUT2D eigenvalue weighted by Gasteiger charge is -2.15. The molecule has 1 amide bonds. The van der Waals surface area contributed by atoms with Crippen molar-refractivity contribution in [3.05, 3.63) is 112 Å². The van der Waals surface area contributed by atoms with Crippen molar-refractivity contribution in [3.63, 3.8) is 0 Å². The first kappa shape index (κ1) is 28.3. The first-order valence-corrected chi connectivity index (χ1v) is 15.5. The maximum Gasteiger partial charge on any atom is 0.262 e. The number of amides is 1. The average Bonchev–Trinajstić information content (AvgIpc) is 2.88. The number of hydrogen-bond acceptors (Lipinski definition) is 5. The Hall–Kier alpha value is -3.67. The molecule has 11 heteroatoms. The highest BCUT2D eigenvalue weighted by molar-refractivity contribution is 9.10. The number of nitrogens with one attached hydrogen (secondary N) is 3. The monoisotopic (exact) mass is 627 g/mol. The zero-order chi connectivity index (χ0) is 28.4. The molecule has 3 N–H and O–H groups in total. The lowest BCUT2D eigenvalue weighted by molar-refractivity contribution is 0.102. The van der Waals surface area contributed by atoms with Gasteiger partial charge in [0.25, 0.3) is 26.0 Å². The molecule has 0 unspecified atom stereocenters. The highest BCUT2D eigenvalue weighted by Gasteiger charge is 2.21. The number of carbonyl (C=O) groups is 1. The molecule has 4 aromatic carbocycles. The molecule has 0 saturated heterocycles. The summed E-state index contributed by atoms with van der Waals surface area (Å²) in [5.41, 5.74) is 3.60. The third-order valence-corrected chi connectivity index (χ3v) is 9.54. The predicted molar refractivity (Wildman–Crippen MR) is 157 cm³/mol. The first-order valence-electron chi connectivity index (χ1n) is 11.8. The molecule has 0 aliphatic carbocycles. The quantitative estimate of drug-likeness (QED) is 0.214. The Labute approximate surface area is 236 Å². The zero-order valence-electron chi connectivity index (χ0n) is 21.3. The molecule has 0 spiro atoms. The van der Waals surface area contributed by atoms with E-state index in [-0.39, 0.29) is 15.4 Å². The third kappa shape index (κ3) is 6.67. The van der Waals surface area contributed by atoms with Crippen LogP contribution in [-0.2, 0) is 20.0 Å². The van der Waals surface area contributed by atoms with Crippen LogP contribution in [-0.4, -0.2) is 22.7 Å². The minimum atomic E-state index is -3.97. The molecule has 0 saturated carbocycles. The van der Waals surface area contributed by atoms with Crippen LogP contribution in [0.1, 0.15) is 27.0 Å². The fourth-order valence-electron chi connectivity index (χ4n) is 3.74. The van der Waals surface area contributed by atoms with Crippen LogP contribution in [0.4, 0.5) is 17.1 Å². The van der Waals surface area contributed by atoms with Gasteiger partial charge in [-0.2, -0.15) is 0 Å². The SMILES string of the molecule is Cc1ccc(C(=O)Nc2ccc(S(=O)(=O)Nc3ccc(Br)cc3)cc2)cc1S(=O)(=O)Nc1cccc(C)c1C. The van der Waals surface area contributed by atoms with Gasteiger partial charge < -0.3 is 5.32 Å². The molecule has 0 radical (unpaired) electrons. The fourth-order valence-corrected chi connectivity index (χ4v) is 6.46. The Morgan fingerprint density at radius 2 is 1.33 bits per heavy atom. The summed E-state index contributed by atoms with van der Waals surface area (Å²) in [4.78, 5) is 13.0.